The summed E-state index contributed by atoms with van der Waals surface area (Å²) in [5.74, 6) is 1.90. The molecule has 0 spiro atoms. The summed E-state index contributed by atoms with van der Waals surface area (Å²) < 4.78 is 11.7. The molecule has 2 aromatic carbocycles. The number of hydrogen-bond acceptors (Lipinski definition) is 4. The molecule has 4 nitrogen and oxygen atoms in total. The van der Waals surface area contributed by atoms with E-state index in [1.54, 1.807) is 0 Å². The maximum atomic E-state index is 9.08. The molecule has 0 saturated heterocycles. The van der Waals surface area contributed by atoms with Gasteiger partial charge in [0.1, 0.15) is 18.1 Å². The van der Waals surface area contributed by atoms with E-state index in [4.69, 9.17) is 26.2 Å². The summed E-state index contributed by atoms with van der Waals surface area (Å²) in [5, 5.41) is 9.69. The molecule has 0 fully saturated rings. The lowest BCUT2D eigenvalue weighted by Crippen LogP contribution is -2.24. The van der Waals surface area contributed by atoms with Crippen molar-refractivity contribution >= 4 is 11.6 Å². The molecule has 2 aliphatic rings. The topological polar surface area (TPSA) is 41.9 Å². The smallest absolute Gasteiger partial charge is 0.138 e. The van der Waals surface area contributed by atoms with Gasteiger partial charge in [-0.2, -0.15) is 0 Å². The Hall–Kier alpha value is -1.75. The summed E-state index contributed by atoms with van der Waals surface area (Å²) in [7, 11) is 2.16. The van der Waals surface area contributed by atoms with Crippen molar-refractivity contribution < 1.29 is 14.6 Å². The average Bonchev–Trinajstić information content (AvgIpc) is 3.06. The molecule has 0 aliphatic carbocycles. The van der Waals surface area contributed by atoms with E-state index in [0.29, 0.717) is 10.8 Å². The third kappa shape index (κ3) is 3.29. The summed E-state index contributed by atoms with van der Waals surface area (Å²) in [5.41, 5.74) is 5.04. The molecular formula is C21H24ClNO3. The number of benzene rings is 2. The third-order valence-electron chi connectivity index (χ3n) is 5.30. The van der Waals surface area contributed by atoms with Gasteiger partial charge in [-0.15, -0.1) is 0 Å². The molecule has 1 unspecified atom stereocenters. The van der Waals surface area contributed by atoms with Gasteiger partial charge < -0.3 is 19.5 Å². The summed E-state index contributed by atoms with van der Waals surface area (Å²) >= 11 is 6.43. The number of para-hydroxylation sites is 1. The van der Waals surface area contributed by atoms with Crippen LogP contribution in [0.25, 0.3) is 0 Å². The van der Waals surface area contributed by atoms with Gasteiger partial charge in [0.05, 0.1) is 18.2 Å². The maximum Gasteiger partial charge on any atom is 0.138 e. The number of aliphatic hydroxyl groups is 1. The Labute approximate surface area is 159 Å². The molecule has 26 heavy (non-hydrogen) atoms. The third-order valence-corrected chi connectivity index (χ3v) is 5.59. The highest BCUT2D eigenvalue weighted by molar-refractivity contribution is 6.32. The zero-order valence-corrected chi connectivity index (χ0v) is 15.8. The first-order valence-electron chi connectivity index (χ1n) is 9.16. The Morgan fingerprint density at radius 1 is 1.23 bits per heavy atom. The first-order chi connectivity index (χ1) is 12.7. The Balaban J connectivity index is 1.81. The summed E-state index contributed by atoms with van der Waals surface area (Å²) in [4.78, 5) is 2.36. The second kappa shape index (κ2) is 7.47. The van der Waals surface area contributed by atoms with Gasteiger partial charge in [0.25, 0.3) is 0 Å². The number of ether oxygens (including phenoxy) is 2. The Bertz CT molecular complexity index is 808. The van der Waals surface area contributed by atoms with Crippen molar-refractivity contribution in [3.63, 3.8) is 0 Å². The Kier molecular flexibility index (Phi) is 5.07. The van der Waals surface area contributed by atoms with Crippen molar-refractivity contribution in [2.75, 3.05) is 40.0 Å². The lowest BCUT2D eigenvalue weighted by molar-refractivity contribution is 0.201. The molecule has 0 bridgehead atoms. The molecular weight excluding hydrogens is 350 g/mol. The molecule has 1 atom stereocenters. The first kappa shape index (κ1) is 17.7. The molecule has 2 heterocycles. The number of hydrogen-bond donors (Lipinski definition) is 1. The van der Waals surface area contributed by atoms with E-state index in [2.05, 4.69) is 36.2 Å². The number of rotatable bonds is 4. The lowest BCUT2D eigenvalue weighted by Gasteiger charge is -2.24. The van der Waals surface area contributed by atoms with E-state index in [9.17, 15) is 0 Å². The average molecular weight is 374 g/mol. The van der Waals surface area contributed by atoms with Crippen molar-refractivity contribution in [3.8, 4) is 11.5 Å². The monoisotopic (exact) mass is 373 g/mol. The van der Waals surface area contributed by atoms with Crippen LogP contribution >= 0.6 is 11.6 Å². The molecule has 138 valence electrons. The molecule has 0 saturated carbocycles. The van der Waals surface area contributed by atoms with Gasteiger partial charge in [-0.1, -0.05) is 29.8 Å². The van der Waals surface area contributed by atoms with Crippen LogP contribution in [0, 0.1) is 0 Å². The SMILES string of the molecule is CN1CCc2cc(Cl)c(OCCO)cc2C(c2cccc3c2OCC3)C1. The highest BCUT2D eigenvalue weighted by Gasteiger charge is 2.29. The fourth-order valence-electron chi connectivity index (χ4n) is 4.01. The van der Waals surface area contributed by atoms with Crippen molar-refractivity contribution in [3.05, 3.63) is 57.6 Å². The van der Waals surface area contributed by atoms with Crippen LogP contribution in [-0.4, -0.2) is 50.0 Å². The summed E-state index contributed by atoms with van der Waals surface area (Å²) in [6.45, 7) is 2.89. The van der Waals surface area contributed by atoms with Gasteiger partial charge in [0.15, 0.2) is 0 Å². The maximum absolute atomic E-state index is 9.08. The van der Waals surface area contributed by atoms with Crippen LogP contribution in [0.1, 0.15) is 28.2 Å². The fraction of sp³-hybridized carbons (Fsp3) is 0.429. The second-order valence-corrected chi connectivity index (χ2v) is 7.46. The van der Waals surface area contributed by atoms with Gasteiger partial charge in [-0.05, 0) is 42.3 Å². The zero-order valence-electron chi connectivity index (χ0n) is 15.0. The van der Waals surface area contributed by atoms with Crippen LogP contribution in [0.15, 0.2) is 30.3 Å². The standard InChI is InChI=1S/C21H24ClNO3/c1-23-7-5-15-11-19(22)20(25-10-8-24)12-17(15)18(13-23)16-4-2-3-14-6-9-26-21(14)16/h2-4,11-12,18,24H,5-10,13H2,1H3. The molecule has 2 aliphatic heterocycles. The highest BCUT2D eigenvalue weighted by atomic mass is 35.5. The number of nitrogens with zero attached hydrogens (tertiary/aromatic N) is 1. The summed E-state index contributed by atoms with van der Waals surface area (Å²) in [6.07, 6.45) is 1.93. The number of aliphatic hydroxyl groups excluding tert-OH is 1. The van der Waals surface area contributed by atoms with E-state index in [0.717, 1.165) is 38.3 Å². The van der Waals surface area contributed by atoms with Crippen LogP contribution in [0.3, 0.4) is 0 Å². The van der Waals surface area contributed by atoms with Crippen LogP contribution < -0.4 is 9.47 Å². The molecule has 1 N–H and O–H groups in total. The molecule has 0 aromatic heterocycles. The van der Waals surface area contributed by atoms with Crippen LogP contribution in [-0.2, 0) is 12.8 Å². The molecule has 0 amide bonds. The lowest BCUT2D eigenvalue weighted by atomic mass is 9.86. The van der Waals surface area contributed by atoms with Gasteiger partial charge in [0, 0.05) is 31.0 Å². The van der Waals surface area contributed by atoms with E-state index < -0.39 is 0 Å². The molecule has 4 rings (SSSR count). The van der Waals surface area contributed by atoms with Crippen LogP contribution in [0.2, 0.25) is 5.02 Å². The largest absolute Gasteiger partial charge is 0.493 e. The molecule has 5 heteroatoms. The van der Waals surface area contributed by atoms with E-state index >= 15 is 0 Å². The highest BCUT2D eigenvalue weighted by Crippen LogP contribution is 2.42. The van der Waals surface area contributed by atoms with Crippen molar-refractivity contribution in [1.82, 2.24) is 4.90 Å². The quantitative estimate of drug-likeness (QED) is 0.893. The predicted octanol–water partition coefficient (Wildman–Crippen LogP) is 3.27. The minimum Gasteiger partial charge on any atom is -0.493 e. The van der Waals surface area contributed by atoms with Crippen molar-refractivity contribution in [2.45, 2.75) is 18.8 Å². The number of likely N-dealkylation sites (N-methyl/N-ethyl adjacent to an activating group) is 1. The fourth-order valence-corrected chi connectivity index (χ4v) is 4.25. The van der Waals surface area contributed by atoms with Crippen molar-refractivity contribution in [2.24, 2.45) is 0 Å². The number of halogens is 1. The normalized spacial score (nSPS) is 19.4. The van der Waals surface area contributed by atoms with Crippen molar-refractivity contribution in [1.29, 1.82) is 0 Å². The Morgan fingerprint density at radius 3 is 2.96 bits per heavy atom. The minimum absolute atomic E-state index is 0.0282. The summed E-state index contributed by atoms with van der Waals surface area (Å²) in [6, 6.07) is 10.6. The van der Waals surface area contributed by atoms with E-state index in [-0.39, 0.29) is 19.1 Å². The minimum atomic E-state index is -0.0282. The van der Waals surface area contributed by atoms with E-state index in [1.807, 2.05) is 6.07 Å². The number of fused-ring (bicyclic) bond motifs is 2. The van der Waals surface area contributed by atoms with Crippen LogP contribution in [0.5, 0.6) is 11.5 Å². The van der Waals surface area contributed by atoms with Gasteiger partial charge in [-0.3, -0.25) is 0 Å². The van der Waals surface area contributed by atoms with Gasteiger partial charge >= 0.3 is 0 Å². The molecule has 0 radical (unpaired) electrons. The predicted molar refractivity (Wildman–Crippen MR) is 103 cm³/mol. The van der Waals surface area contributed by atoms with Gasteiger partial charge in [0.2, 0.25) is 0 Å². The Morgan fingerprint density at radius 2 is 2.12 bits per heavy atom. The van der Waals surface area contributed by atoms with Crippen LogP contribution in [0.4, 0.5) is 0 Å². The second-order valence-electron chi connectivity index (χ2n) is 7.05. The zero-order chi connectivity index (χ0) is 18.1. The molecule has 2 aromatic rings. The van der Waals surface area contributed by atoms with E-state index in [1.165, 1.54) is 22.3 Å². The van der Waals surface area contributed by atoms with Gasteiger partial charge in [-0.25, -0.2) is 0 Å². The first-order valence-corrected chi connectivity index (χ1v) is 9.54.